The third-order valence-electron chi connectivity index (χ3n) is 3.35. The molecule has 18 heavy (non-hydrogen) atoms. The molecule has 0 aromatic heterocycles. The van der Waals surface area contributed by atoms with Crippen molar-refractivity contribution < 1.29 is 10.2 Å². The van der Waals surface area contributed by atoms with Crippen LogP contribution in [0.4, 0.5) is 0 Å². The number of piperazine rings is 1. The van der Waals surface area contributed by atoms with E-state index in [0.717, 1.165) is 36.2 Å². The first-order valence-electron chi connectivity index (χ1n) is 6.26. The predicted molar refractivity (Wildman–Crippen MR) is 74.7 cm³/mol. The van der Waals surface area contributed by atoms with Crippen LogP contribution in [0, 0.1) is 0 Å². The maximum Gasteiger partial charge on any atom is 0.121 e. The number of phenolic OH excluding ortho intramolecular Hbond substituents is 1. The lowest BCUT2D eigenvalue weighted by atomic mass is 10.0. The van der Waals surface area contributed by atoms with E-state index in [-0.39, 0.29) is 12.6 Å². The highest BCUT2D eigenvalue weighted by Crippen LogP contribution is 2.33. The van der Waals surface area contributed by atoms with Gasteiger partial charge in [-0.1, -0.05) is 22.0 Å². The van der Waals surface area contributed by atoms with Gasteiger partial charge in [-0.15, -0.1) is 0 Å². The number of nitrogens with one attached hydrogen (secondary N) is 1. The molecule has 1 aliphatic rings. The molecular weight excluding hydrogens is 296 g/mol. The van der Waals surface area contributed by atoms with E-state index < -0.39 is 0 Å². The van der Waals surface area contributed by atoms with Crippen LogP contribution in [-0.4, -0.2) is 47.9 Å². The summed E-state index contributed by atoms with van der Waals surface area (Å²) in [5.41, 5.74) is 0.897. The van der Waals surface area contributed by atoms with Gasteiger partial charge in [0.05, 0.1) is 0 Å². The minimum Gasteiger partial charge on any atom is -0.508 e. The summed E-state index contributed by atoms with van der Waals surface area (Å²) in [6, 6.07) is 5.66. The smallest absolute Gasteiger partial charge is 0.121 e. The van der Waals surface area contributed by atoms with Crippen molar-refractivity contribution in [3.8, 4) is 5.75 Å². The summed E-state index contributed by atoms with van der Waals surface area (Å²) in [4.78, 5) is 2.32. The molecule has 0 aliphatic carbocycles. The molecule has 1 heterocycles. The van der Waals surface area contributed by atoms with Crippen molar-refractivity contribution in [3.63, 3.8) is 0 Å². The fraction of sp³-hybridized carbons (Fsp3) is 0.538. The maximum absolute atomic E-state index is 10.1. The van der Waals surface area contributed by atoms with Crippen molar-refractivity contribution in [1.82, 2.24) is 10.2 Å². The Bertz CT molecular complexity index is 395. The van der Waals surface area contributed by atoms with Gasteiger partial charge in [-0.05, 0) is 18.6 Å². The topological polar surface area (TPSA) is 55.7 Å². The first kappa shape index (κ1) is 13.8. The molecule has 1 aromatic carbocycles. The van der Waals surface area contributed by atoms with Gasteiger partial charge in [0.2, 0.25) is 0 Å². The second kappa shape index (κ2) is 6.52. The quantitative estimate of drug-likeness (QED) is 0.788. The van der Waals surface area contributed by atoms with Crippen molar-refractivity contribution in [2.45, 2.75) is 12.5 Å². The van der Waals surface area contributed by atoms with Crippen LogP contribution in [0.2, 0.25) is 0 Å². The molecule has 1 saturated heterocycles. The number of halogens is 1. The number of benzene rings is 1. The molecular formula is C13H19BrN2O2. The van der Waals surface area contributed by atoms with E-state index in [1.165, 1.54) is 0 Å². The van der Waals surface area contributed by atoms with Gasteiger partial charge in [0, 0.05) is 48.9 Å². The molecule has 0 spiro atoms. The van der Waals surface area contributed by atoms with Crippen molar-refractivity contribution in [2.75, 3.05) is 32.8 Å². The van der Waals surface area contributed by atoms with Gasteiger partial charge in [-0.2, -0.15) is 0 Å². The van der Waals surface area contributed by atoms with E-state index in [9.17, 15) is 10.2 Å². The van der Waals surface area contributed by atoms with E-state index in [1.54, 1.807) is 6.07 Å². The molecule has 1 aliphatic heterocycles. The van der Waals surface area contributed by atoms with Gasteiger partial charge >= 0.3 is 0 Å². The molecule has 1 atom stereocenters. The number of rotatable bonds is 4. The molecule has 1 fully saturated rings. The van der Waals surface area contributed by atoms with Crippen LogP contribution < -0.4 is 5.32 Å². The van der Waals surface area contributed by atoms with Gasteiger partial charge in [-0.25, -0.2) is 0 Å². The summed E-state index contributed by atoms with van der Waals surface area (Å²) >= 11 is 3.35. The molecule has 0 radical (unpaired) electrons. The zero-order valence-electron chi connectivity index (χ0n) is 10.3. The Labute approximate surface area is 116 Å². The van der Waals surface area contributed by atoms with Gasteiger partial charge in [0.15, 0.2) is 0 Å². The van der Waals surface area contributed by atoms with Crippen LogP contribution in [-0.2, 0) is 0 Å². The van der Waals surface area contributed by atoms with Crippen LogP contribution in [0.5, 0.6) is 5.75 Å². The van der Waals surface area contributed by atoms with E-state index in [4.69, 9.17) is 0 Å². The summed E-state index contributed by atoms with van der Waals surface area (Å²) in [6.07, 6.45) is 0.648. The molecule has 1 aromatic rings. The molecule has 0 saturated carbocycles. The Balaban J connectivity index is 2.22. The van der Waals surface area contributed by atoms with Crippen LogP contribution >= 0.6 is 15.9 Å². The lowest BCUT2D eigenvalue weighted by Gasteiger charge is -2.35. The SMILES string of the molecule is OCC[C@H](c1ccc(Br)cc1O)N1CCNCC1. The van der Waals surface area contributed by atoms with E-state index in [2.05, 4.69) is 26.1 Å². The maximum atomic E-state index is 10.1. The number of phenols is 1. The van der Waals surface area contributed by atoms with Gasteiger partial charge in [0.1, 0.15) is 5.75 Å². The average Bonchev–Trinajstić information content (AvgIpc) is 2.38. The lowest BCUT2D eigenvalue weighted by Crippen LogP contribution is -2.45. The highest BCUT2D eigenvalue weighted by Gasteiger charge is 2.23. The summed E-state index contributed by atoms with van der Waals surface area (Å²) < 4.78 is 0.867. The van der Waals surface area contributed by atoms with Crippen LogP contribution in [0.25, 0.3) is 0 Å². The van der Waals surface area contributed by atoms with Crippen molar-refractivity contribution in [2.24, 2.45) is 0 Å². The normalized spacial score (nSPS) is 18.8. The third kappa shape index (κ3) is 3.23. The van der Waals surface area contributed by atoms with Crippen LogP contribution in [0.1, 0.15) is 18.0 Å². The number of hydrogen-bond acceptors (Lipinski definition) is 4. The van der Waals surface area contributed by atoms with E-state index in [0.29, 0.717) is 12.2 Å². The first-order valence-corrected chi connectivity index (χ1v) is 7.05. The number of aromatic hydroxyl groups is 1. The molecule has 4 nitrogen and oxygen atoms in total. The molecule has 0 amide bonds. The predicted octanol–water partition coefficient (Wildman–Crippen LogP) is 1.48. The highest BCUT2D eigenvalue weighted by atomic mass is 79.9. The summed E-state index contributed by atoms with van der Waals surface area (Å²) in [5, 5.41) is 22.6. The zero-order valence-corrected chi connectivity index (χ0v) is 11.9. The number of hydrogen-bond donors (Lipinski definition) is 3. The fourth-order valence-electron chi connectivity index (χ4n) is 2.45. The Hall–Kier alpha value is -0.620. The Morgan fingerprint density at radius 3 is 2.67 bits per heavy atom. The number of aliphatic hydroxyl groups excluding tert-OH is 1. The standard InChI is InChI=1S/C13H19BrN2O2/c14-10-1-2-11(13(18)9-10)12(3-8-17)16-6-4-15-5-7-16/h1-2,9,12,15,17-18H,3-8H2/t12-/m1/s1. The third-order valence-corrected chi connectivity index (χ3v) is 3.84. The monoisotopic (exact) mass is 314 g/mol. The van der Waals surface area contributed by atoms with Crippen LogP contribution in [0.3, 0.4) is 0 Å². The second-order valence-corrected chi connectivity index (χ2v) is 5.43. The van der Waals surface area contributed by atoms with Crippen molar-refractivity contribution in [1.29, 1.82) is 0 Å². The zero-order chi connectivity index (χ0) is 13.0. The largest absolute Gasteiger partial charge is 0.508 e. The number of nitrogens with zero attached hydrogens (tertiary/aromatic N) is 1. The molecule has 2 rings (SSSR count). The number of aliphatic hydroxyl groups is 1. The van der Waals surface area contributed by atoms with Gasteiger partial charge in [0.25, 0.3) is 0 Å². The first-order chi connectivity index (χ1) is 8.72. The van der Waals surface area contributed by atoms with Gasteiger partial charge < -0.3 is 15.5 Å². The van der Waals surface area contributed by atoms with E-state index >= 15 is 0 Å². The average molecular weight is 315 g/mol. The summed E-state index contributed by atoms with van der Waals surface area (Å²) in [6.45, 7) is 3.93. The van der Waals surface area contributed by atoms with Gasteiger partial charge in [-0.3, -0.25) is 4.90 Å². The fourth-order valence-corrected chi connectivity index (χ4v) is 2.80. The van der Waals surface area contributed by atoms with Crippen LogP contribution in [0.15, 0.2) is 22.7 Å². The Morgan fingerprint density at radius 2 is 2.06 bits per heavy atom. The second-order valence-electron chi connectivity index (χ2n) is 4.52. The van der Waals surface area contributed by atoms with Crippen molar-refractivity contribution >= 4 is 15.9 Å². The Kier molecular flexibility index (Phi) is 5.00. The molecule has 0 unspecified atom stereocenters. The summed E-state index contributed by atoms with van der Waals surface area (Å²) in [7, 11) is 0. The Morgan fingerprint density at radius 1 is 1.33 bits per heavy atom. The molecule has 0 bridgehead atoms. The lowest BCUT2D eigenvalue weighted by molar-refractivity contribution is 0.139. The minimum atomic E-state index is 0.0881. The summed E-state index contributed by atoms with van der Waals surface area (Å²) in [5.74, 6) is 0.293. The molecule has 100 valence electrons. The molecule has 5 heteroatoms. The van der Waals surface area contributed by atoms with E-state index in [1.807, 2.05) is 12.1 Å². The molecule has 3 N–H and O–H groups in total. The van der Waals surface area contributed by atoms with Crippen molar-refractivity contribution in [3.05, 3.63) is 28.2 Å². The highest BCUT2D eigenvalue weighted by molar-refractivity contribution is 9.10. The minimum absolute atomic E-state index is 0.0881.